The maximum atomic E-state index is 5.67. The summed E-state index contributed by atoms with van der Waals surface area (Å²) in [6, 6.07) is 4.16. The fourth-order valence-electron chi connectivity index (χ4n) is 2.11. The summed E-state index contributed by atoms with van der Waals surface area (Å²) in [6.45, 7) is 9.78. The van der Waals surface area contributed by atoms with Gasteiger partial charge in [-0.05, 0) is 58.1 Å². The van der Waals surface area contributed by atoms with Crippen molar-refractivity contribution in [2.45, 2.75) is 65.6 Å². The SMILES string of the molecule is CCc1ccc(COCC=C(C)CCCC(C)(C)OC)nc1. The Hall–Kier alpha value is -1.19. The van der Waals surface area contributed by atoms with Gasteiger partial charge in [0.1, 0.15) is 0 Å². The minimum Gasteiger partial charge on any atom is -0.379 e. The van der Waals surface area contributed by atoms with Crippen LogP contribution in [0.5, 0.6) is 0 Å². The van der Waals surface area contributed by atoms with Gasteiger partial charge in [0.05, 0.1) is 24.5 Å². The summed E-state index contributed by atoms with van der Waals surface area (Å²) in [5.41, 5.74) is 3.61. The molecule has 0 aliphatic rings. The summed E-state index contributed by atoms with van der Waals surface area (Å²) in [7, 11) is 1.78. The van der Waals surface area contributed by atoms with Crippen LogP contribution in [0.25, 0.3) is 0 Å². The summed E-state index contributed by atoms with van der Waals surface area (Å²) in [5, 5.41) is 0. The maximum absolute atomic E-state index is 5.67. The van der Waals surface area contributed by atoms with Crippen molar-refractivity contribution in [3.8, 4) is 0 Å². The number of hydrogen-bond donors (Lipinski definition) is 0. The maximum Gasteiger partial charge on any atom is 0.0892 e. The van der Waals surface area contributed by atoms with Gasteiger partial charge in [-0.2, -0.15) is 0 Å². The van der Waals surface area contributed by atoms with Crippen molar-refractivity contribution in [2.75, 3.05) is 13.7 Å². The molecule has 0 N–H and O–H groups in total. The van der Waals surface area contributed by atoms with Crippen LogP contribution in [0.3, 0.4) is 0 Å². The van der Waals surface area contributed by atoms with Crippen LogP contribution in [0.1, 0.15) is 58.2 Å². The van der Waals surface area contributed by atoms with E-state index >= 15 is 0 Å². The number of pyridine rings is 1. The number of methoxy groups -OCH3 is 1. The summed E-state index contributed by atoms with van der Waals surface area (Å²) in [5.74, 6) is 0. The zero-order chi connectivity index (χ0) is 16.4. The minimum atomic E-state index is -0.0207. The Morgan fingerprint density at radius 1 is 1.32 bits per heavy atom. The Bertz CT molecular complexity index is 449. The highest BCUT2D eigenvalue weighted by Crippen LogP contribution is 2.18. The van der Waals surface area contributed by atoms with E-state index in [0.29, 0.717) is 13.2 Å². The van der Waals surface area contributed by atoms with Crippen molar-refractivity contribution in [1.82, 2.24) is 4.98 Å². The Morgan fingerprint density at radius 3 is 2.68 bits per heavy atom. The second-order valence-corrected chi connectivity index (χ2v) is 6.39. The van der Waals surface area contributed by atoms with Crippen LogP contribution < -0.4 is 0 Å². The standard InChI is InChI=1S/C19H31NO2/c1-6-17-9-10-18(20-14-17)15-22-13-11-16(2)8-7-12-19(3,4)21-5/h9-11,14H,6-8,12-13,15H2,1-5H3. The van der Waals surface area contributed by atoms with Crippen LogP contribution in [0.15, 0.2) is 30.0 Å². The van der Waals surface area contributed by atoms with E-state index in [1.54, 1.807) is 7.11 Å². The highest BCUT2D eigenvalue weighted by Gasteiger charge is 2.14. The third-order valence-electron chi connectivity index (χ3n) is 4.00. The second-order valence-electron chi connectivity index (χ2n) is 6.39. The summed E-state index contributed by atoms with van der Waals surface area (Å²) in [4.78, 5) is 4.39. The van der Waals surface area contributed by atoms with Crippen LogP contribution >= 0.6 is 0 Å². The topological polar surface area (TPSA) is 31.4 Å². The smallest absolute Gasteiger partial charge is 0.0892 e. The quantitative estimate of drug-likeness (QED) is 0.464. The molecule has 0 aromatic carbocycles. The van der Waals surface area contributed by atoms with E-state index in [9.17, 15) is 0 Å². The van der Waals surface area contributed by atoms with Crippen LogP contribution in [0.4, 0.5) is 0 Å². The van der Waals surface area contributed by atoms with Gasteiger partial charge in [-0.3, -0.25) is 4.98 Å². The fourth-order valence-corrected chi connectivity index (χ4v) is 2.11. The first kappa shape index (κ1) is 18.9. The molecule has 0 amide bonds. The Kier molecular flexibility index (Phi) is 8.36. The van der Waals surface area contributed by atoms with Gasteiger partial charge in [0.2, 0.25) is 0 Å². The fraction of sp³-hybridized carbons (Fsp3) is 0.632. The number of ether oxygens (including phenoxy) is 2. The first-order valence-corrected chi connectivity index (χ1v) is 8.19. The van der Waals surface area contributed by atoms with Crippen molar-refractivity contribution < 1.29 is 9.47 Å². The zero-order valence-electron chi connectivity index (χ0n) is 14.8. The molecule has 1 heterocycles. The lowest BCUT2D eigenvalue weighted by Crippen LogP contribution is -2.21. The first-order valence-electron chi connectivity index (χ1n) is 8.19. The van der Waals surface area contributed by atoms with Crippen molar-refractivity contribution in [3.05, 3.63) is 41.2 Å². The van der Waals surface area contributed by atoms with E-state index in [4.69, 9.17) is 9.47 Å². The molecule has 0 aliphatic carbocycles. The molecule has 1 aromatic rings. The van der Waals surface area contributed by atoms with Gasteiger partial charge in [0.15, 0.2) is 0 Å². The lowest BCUT2D eigenvalue weighted by Gasteiger charge is -2.22. The predicted octanol–water partition coefficient (Wildman–Crippen LogP) is 4.70. The summed E-state index contributed by atoms with van der Waals surface area (Å²) >= 11 is 0. The molecule has 124 valence electrons. The van der Waals surface area contributed by atoms with Crippen LogP contribution in [-0.2, 0) is 22.5 Å². The van der Waals surface area contributed by atoms with Gasteiger partial charge in [0.25, 0.3) is 0 Å². The largest absolute Gasteiger partial charge is 0.379 e. The normalized spacial score (nSPS) is 12.7. The lowest BCUT2D eigenvalue weighted by molar-refractivity contribution is 0.0140. The highest BCUT2D eigenvalue weighted by atomic mass is 16.5. The molecule has 0 fully saturated rings. The number of aryl methyl sites for hydroxylation is 1. The molecule has 0 spiro atoms. The average molecular weight is 305 g/mol. The summed E-state index contributed by atoms with van der Waals surface area (Å²) < 4.78 is 11.1. The van der Waals surface area contributed by atoms with Gasteiger partial charge >= 0.3 is 0 Å². The molecule has 0 bridgehead atoms. The molecule has 3 heteroatoms. The lowest BCUT2D eigenvalue weighted by atomic mass is 9.99. The monoisotopic (exact) mass is 305 g/mol. The number of rotatable bonds is 10. The molecule has 0 saturated carbocycles. The van der Waals surface area contributed by atoms with E-state index in [-0.39, 0.29) is 5.60 Å². The van der Waals surface area contributed by atoms with Crippen LogP contribution in [0.2, 0.25) is 0 Å². The number of allylic oxidation sites excluding steroid dienone is 1. The number of nitrogens with zero attached hydrogens (tertiary/aromatic N) is 1. The molecule has 0 radical (unpaired) electrons. The van der Waals surface area contributed by atoms with Crippen molar-refractivity contribution in [2.24, 2.45) is 0 Å². The number of hydrogen-bond acceptors (Lipinski definition) is 3. The van der Waals surface area contributed by atoms with Gasteiger partial charge in [-0.15, -0.1) is 0 Å². The molecule has 0 saturated heterocycles. The Balaban J connectivity index is 2.21. The van der Waals surface area contributed by atoms with Gasteiger partial charge in [-0.25, -0.2) is 0 Å². The van der Waals surface area contributed by atoms with Gasteiger partial charge < -0.3 is 9.47 Å². The molecule has 0 aliphatic heterocycles. The predicted molar refractivity (Wildman–Crippen MR) is 92.0 cm³/mol. The van der Waals surface area contributed by atoms with Crippen LogP contribution in [-0.4, -0.2) is 24.3 Å². The van der Waals surface area contributed by atoms with Gasteiger partial charge in [-0.1, -0.05) is 24.6 Å². The first-order chi connectivity index (χ1) is 10.5. The molecule has 22 heavy (non-hydrogen) atoms. The van der Waals surface area contributed by atoms with E-state index in [1.165, 1.54) is 11.1 Å². The minimum absolute atomic E-state index is 0.0207. The third kappa shape index (κ3) is 7.71. The van der Waals surface area contributed by atoms with E-state index in [2.05, 4.69) is 44.8 Å². The van der Waals surface area contributed by atoms with E-state index in [1.807, 2.05) is 12.3 Å². The molecule has 0 unspecified atom stereocenters. The van der Waals surface area contributed by atoms with Crippen molar-refractivity contribution in [3.63, 3.8) is 0 Å². The third-order valence-corrected chi connectivity index (χ3v) is 4.00. The highest BCUT2D eigenvalue weighted by molar-refractivity contribution is 5.13. The molecule has 3 nitrogen and oxygen atoms in total. The zero-order valence-corrected chi connectivity index (χ0v) is 14.8. The van der Waals surface area contributed by atoms with E-state index in [0.717, 1.165) is 31.4 Å². The van der Waals surface area contributed by atoms with E-state index < -0.39 is 0 Å². The molecule has 1 rings (SSSR count). The number of aromatic nitrogens is 1. The second kappa shape index (κ2) is 9.75. The Morgan fingerprint density at radius 2 is 2.09 bits per heavy atom. The van der Waals surface area contributed by atoms with Gasteiger partial charge in [0, 0.05) is 13.3 Å². The molecular formula is C19H31NO2. The summed E-state index contributed by atoms with van der Waals surface area (Å²) in [6.07, 6.45) is 8.43. The van der Waals surface area contributed by atoms with Crippen LogP contribution in [0, 0.1) is 0 Å². The van der Waals surface area contributed by atoms with Crippen molar-refractivity contribution >= 4 is 0 Å². The average Bonchev–Trinajstić information content (AvgIpc) is 2.52. The van der Waals surface area contributed by atoms with Crippen molar-refractivity contribution in [1.29, 1.82) is 0 Å². The molecule has 0 atom stereocenters. The Labute approximate surface area is 135 Å². The molecular weight excluding hydrogens is 274 g/mol. The molecule has 1 aromatic heterocycles.